The second kappa shape index (κ2) is 9.20. The van der Waals surface area contributed by atoms with E-state index in [0.29, 0.717) is 17.1 Å². The number of methoxy groups -OCH3 is 2. The van der Waals surface area contributed by atoms with Crippen molar-refractivity contribution in [1.82, 2.24) is 4.90 Å². The maximum atomic E-state index is 13.2. The summed E-state index contributed by atoms with van der Waals surface area (Å²) in [7, 11) is 3.10. The Morgan fingerprint density at radius 3 is 2.27 bits per heavy atom. The SMILES string of the molecule is COc1cccc(CN2C(=O)C(=O)/C(=C(\O)c3cccc(OC)c3)C2c2cccc(C)c2)c1. The van der Waals surface area contributed by atoms with Gasteiger partial charge in [-0.05, 0) is 42.3 Å². The Morgan fingerprint density at radius 1 is 0.909 bits per heavy atom. The molecule has 1 N–H and O–H groups in total. The zero-order chi connectivity index (χ0) is 23.5. The number of hydrogen-bond acceptors (Lipinski definition) is 5. The number of rotatable bonds is 6. The standard InChI is InChI=1S/C27H25NO5/c1-17-7-4-9-19(13-17)24-23(25(29)20-10-6-12-22(15-20)33-3)26(30)27(31)28(24)16-18-8-5-11-21(14-18)32-2/h4-15,24,29H,16H2,1-3H3/b25-23-. The van der Waals surface area contributed by atoms with E-state index in [0.717, 1.165) is 16.7 Å². The van der Waals surface area contributed by atoms with Gasteiger partial charge in [0.1, 0.15) is 17.3 Å². The molecule has 1 unspecified atom stereocenters. The van der Waals surface area contributed by atoms with Gasteiger partial charge in [-0.15, -0.1) is 0 Å². The number of benzene rings is 3. The van der Waals surface area contributed by atoms with Crippen molar-refractivity contribution < 1.29 is 24.2 Å². The van der Waals surface area contributed by atoms with Crippen LogP contribution in [0.1, 0.15) is 28.3 Å². The lowest BCUT2D eigenvalue weighted by molar-refractivity contribution is -0.140. The zero-order valence-corrected chi connectivity index (χ0v) is 18.7. The molecule has 3 aromatic rings. The molecule has 1 fully saturated rings. The fourth-order valence-electron chi connectivity index (χ4n) is 4.12. The van der Waals surface area contributed by atoms with Gasteiger partial charge in [-0.1, -0.05) is 54.1 Å². The average Bonchev–Trinajstić information content (AvgIpc) is 3.08. The summed E-state index contributed by atoms with van der Waals surface area (Å²) in [5.41, 5.74) is 3.02. The van der Waals surface area contributed by atoms with Crippen LogP contribution in [0.25, 0.3) is 5.76 Å². The minimum Gasteiger partial charge on any atom is -0.507 e. The predicted molar refractivity (Wildman–Crippen MR) is 125 cm³/mol. The van der Waals surface area contributed by atoms with Gasteiger partial charge >= 0.3 is 0 Å². The summed E-state index contributed by atoms with van der Waals surface area (Å²) in [6, 6.07) is 21.0. The van der Waals surface area contributed by atoms with Crippen molar-refractivity contribution in [2.75, 3.05) is 14.2 Å². The van der Waals surface area contributed by atoms with Gasteiger partial charge in [0, 0.05) is 12.1 Å². The van der Waals surface area contributed by atoms with Crippen LogP contribution in [0.5, 0.6) is 11.5 Å². The number of amides is 1. The molecular weight excluding hydrogens is 418 g/mol. The van der Waals surface area contributed by atoms with Crippen LogP contribution in [-0.4, -0.2) is 35.9 Å². The minimum absolute atomic E-state index is 0.0572. The molecular formula is C27H25NO5. The maximum Gasteiger partial charge on any atom is 0.295 e. The van der Waals surface area contributed by atoms with Crippen LogP contribution in [0.2, 0.25) is 0 Å². The number of ether oxygens (including phenoxy) is 2. The molecule has 4 rings (SSSR count). The van der Waals surface area contributed by atoms with Crippen molar-refractivity contribution in [1.29, 1.82) is 0 Å². The van der Waals surface area contributed by atoms with Crippen molar-refractivity contribution in [2.24, 2.45) is 0 Å². The predicted octanol–water partition coefficient (Wildman–Crippen LogP) is 4.63. The van der Waals surface area contributed by atoms with Gasteiger partial charge in [-0.25, -0.2) is 0 Å². The minimum atomic E-state index is -0.734. The molecule has 0 spiro atoms. The van der Waals surface area contributed by atoms with E-state index in [1.54, 1.807) is 31.4 Å². The van der Waals surface area contributed by atoms with E-state index in [9.17, 15) is 14.7 Å². The number of nitrogens with zero attached hydrogens (tertiary/aromatic N) is 1. The van der Waals surface area contributed by atoms with E-state index in [1.165, 1.54) is 12.0 Å². The summed E-state index contributed by atoms with van der Waals surface area (Å²) < 4.78 is 10.6. The molecule has 6 nitrogen and oxygen atoms in total. The zero-order valence-electron chi connectivity index (χ0n) is 18.7. The number of hydrogen-bond donors (Lipinski definition) is 1. The summed E-state index contributed by atoms with van der Waals surface area (Å²) in [6.07, 6.45) is 0. The molecule has 3 aromatic carbocycles. The molecule has 1 aliphatic rings. The molecule has 0 bridgehead atoms. The molecule has 6 heteroatoms. The van der Waals surface area contributed by atoms with E-state index >= 15 is 0 Å². The number of aliphatic hydroxyl groups excluding tert-OH is 1. The molecule has 1 atom stereocenters. The maximum absolute atomic E-state index is 13.2. The van der Waals surface area contributed by atoms with E-state index in [-0.39, 0.29) is 17.9 Å². The van der Waals surface area contributed by atoms with E-state index in [1.807, 2.05) is 55.5 Å². The number of aryl methyl sites for hydroxylation is 1. The summed E-state index contributed by atoms with van der Waals surface area (Å²) >= 11 is 0. The summed E-state index contributed by atoms with van der Waals surface area (Å²) in [5.74, 6) is -0.408. The molecule has 0 aliphatic carbocycles. The van der Waals surface area contributed by atoms with Crippen LogP contribution in [0.4, 0.5) is 0 Å². The number of ketones is 1. The van der Waals surface area contributed by atoms with Crippen LogP contribution < -0.4 is 9.47 Å². The van der Waals surface area contributed by atoms with E-state index in [2.05, 4.69) is 0 Å². The van der Waals surface area contributed by atoms with E-state index in [4.69, 9.17) is 9.47 Å². The molecule has 33 heavy (non-hydrogen) atoms. The first kappa shape index (κ1) is 22.1. The molecule has 0 saturated carbocycles. The Morgan fingerprint density at radius 2 is 1.58 bits per heavy atom. The first-order valence-electron chi connectivity index (χ1n) is 10.5. The Labute approximate surface area is 192 Å². The van der Waals surface area contributed by atoms with E-state index < -0.39 is 17.7 Å². The molecule has 1 aliphatic heterocycles. The highest BCUT2D eigenvalue weighted by molar-refractivity contribution is 6.46. The second-order valence-corrected chi connectivity index (χ2v) is 7.92. The second-order valence-electron chi connectivity index (χ2n) is 7.92. The fraction of sp³-hybridized carbons (Fsp3) is 0.185. The fourth-order valence-corrected chi connectivity index (χ4v) is 4.12. The van der Waals surface area contributed by atoms with Gasteiger partial charge in [0.05, 0.1) is 25.8 Å². The lowest BCUT2D eigenvalue weighted by Crippen LogP contribution is -2.29. The third-order valence-electron chi connectivity index (χ3n) is 5.73. The lowest BCUT2D eigenvalue weighted by Gasteiger charge is -2.26. The monoisotopic (exact) mass is 443 g/mol. The van der Waals surface area contributed by atoms with Gasteiger partial charge in [-0.2, -0.15) is 0 Å². The Kier molecular flexibility index (Phi) is 6.18. The number of aliphatic hydroxyl groups is 1. The van der Waals surface area contributed by atoms with Gasteiger partial charge in [-0.3, -0.25) is 9.59 Å². The molecule has 1 amide bonds. The normalized spacial score (nSPS) is 17.3. The Hall–Kier alpha value is -4.06. The van der Waals surface area contributed by atoms with Gasteiger partial charge in [0.2, 0.25) is 0 Å². The van der Waals surface area contributed by atoms with Gasteiger partial charge in [0.25, 0.3) is 11.7 Å². The van der Waals surface area contributed by atoms with Crippen LogP contribution in [0.3, 0.4) is 0 Å². The van der Waals surface area contributed by atoms with Crippen LogP contribution in [-0.2, 0) is 16.1 Å². The molecule has 1 heterocycles. The Bertz CT molecular complexity index is 1250. The van der Waals surface area contributed by atoms with Crippen molar-refractivity contribution in [3.63, 3.8) is 0 Å². The van der Waals surface area contributed by atoms with Gasteiger partial charge < -0.3 is 19.5 Å². The highest BCUT2D eigenvalue weighted by atomic mass is 16.5. The smallest absolute Gasteiger partial charge is 0.295 e. The highest BCUT2D eigenvalue weighted by Gasteiger charge is 2.46. The van der Waals surface area contributed by atoms with Crippen LogP contribution >= 0.6 is 0 Å². The number of carbonyl (C=O) groups excluding carboxylic acids is 2. The molecule has 0 radical (unpaired) electrons. The number of carbonyl (C=O) groups is 2. The van der Waals surface area contributed by atoms with Crippen molar-refractivity contribution in [2.45, 2.75) is 19.5 Å². The van der Waals surface area contributed by atoms with Crippen molar-refractivity contribution in [3.05, 3.63) is 101 Å². The molecule has 168 valence electrons. The summed E-state index contributed by atoms with van der Waals surface area (Å²) in [4.78, 5) is 27.9. The molecule has 1 saturated heterocycles. The lowest BCUT2D eigenvalue weighted by atomic mass is 9.94. The number of likely N-dealkylation sites (tertiary alicyclic amines) is 1. The number of Topliss-reactive ketones (excluding diaryl/α,β-unsaturated/α-hetero) is 1. The average molecular weight is 443 g/mol. The quantitative estimate of drug-likeness (QED) is 0.341. The topological polar surface area (TPSA) is 76.1 Å². The first-order chi connectivity index (χ1) is 15.9. The van der Waals surface area contributed by atoms with Crippen LogP contribution in [0.15, 0.2) is 78.4 Å². The van der Waals surface area contributed by atoms with Crippen molar-refractivity contribution in [3.8, 4) is 11.5 Å². The van der Waals surface area contributed by atoms with Gasteiger partial charge in [0.15, 0.2) is 0 Å². The van der Waals surface area contributed by atoms with Crippen molar-refractivity contribution >= 4 is 17.4 Å². The third-order valence-corrected chi connectivity index (χ3v) is 5.73. The summed E-state index contributed by atoms with van der Waals surface area (Å²) in [5, 5.41) is 11.2. The largest absolute Gasteiger partial charge is 0.507 e. The molecule has 0 aromatic heterocycles. The highest BCUT2D eigenvalue weighted by Crippen LogP contribution is 2.41. The van der Waals surface area contributed by atoms with Crippen LogP contribution in [0, 0.1) is 6.92 Å². The first-order valence-corrected chi connectivity index (χ1v) is 10.5. The summed E-state index contributed by atoms with van der Waals surface area (Å²) in [6.45, 7) is 2.13. The Balaban J connectivity index is 1.86. The third kappa shape index (κ3) is 4.32.